The second-order valence-corrected chi connectivity index (χ2v) is 4.44. The highest BCUT2D eigenvalue weighted by molar-refractivity contribution is 9.10. The molecule has 1 N–H and O–H groups in total. The largest absolute Gasteiger partial charge is 0.480 e. The van der Waals surface area contributed by atoms with E-state index in [0.717, 1.165) is 16.3 Å². The van der Waals surface area contributed by atoms with Gasteiger partial charge in [0.2, 0.25) is 0 Å². The minimum Gasteiger partial charge on any atom is -0.480 e. The summed E-state index contributed by atoms with van der Waals surface area (Å²) < 4.78 is 0.872. The number of benzene rings is 1. The van der Waals surface area contributed by atoms with Crippen LogP contribution < -0.4 is 0 Å². The molecule has 1 aromatic carbocycles. The number of rotatable bonds is 5. The Hall–Kier alpha value is -1.20. The SMILES string of the molecule is CN(CC(=O)O)Cc1cc(Br)ccc1C=O. The molecule has 0 saturated carbocycles. The standard InChI is InChI=1S/C11H12BrNO3/c1-13(6-11(15)16)5-9-4-10(12)3-2-8(9)7-14/h2-4,7H,5-6H2,1H3,(H,15,16). The Bertz CT molecular complexity index is 406. The van der Waals surface area contributed by atoms with Gasteiger partial charge >= 0.3 is 5.97 Å². The molecule has 16 heavy (non-hydrogen) atoms. The van der Waals surface area contributed by atoms with E-state index in [1.807, 2.05) is 6.07 Å². The lowest BCUT2D eigenvalue weighted by atomic mass is 10.1. The Labute approximate surface area is 102 Å². The van der Waals surface area contributed by atoms with Crippen molar-refractivity contribution in [3.8, 4) is 0 Å². The Morgan fingerprint density at radius 3 is 2.81 bits per heavy atom. The molecule has 4 nitrogen and oxygen atoms in total. The Morgan fingerprint density at radius 2 is 2.25 bits per heavy atom. The van der Waals surface area contributed by atoms with E-state index in [2.05, 4.69) is 15.9 Å². The van der Waals surface area contributed by atoms with E-state index in [0.29, 0.717) is 12.1 Å². The number of likely N-dealkylation sites (N-methyl/N-ethyl adjacent to an activating group) is 1. The summed E-state index contributed by atoms with van der Waals surface area (Å²) in [5.74, 6) is -0.884. The van der Waals surface area contributed by atoms with E-state index in [9.17, 15) is 9.59 Å². The van der Waals surface area contributed by atoms with Gasteiger partial charge in [-0.1, -0.05) is 22.0 Å². The van der Waals surface area contributed by atoms with Crippen LogP contribution in [0, 0.1) is 0 Å². The van der Waals surface area contributed by atoms with Crippen molar-refractivity contribution in [1.29, 1.82) is 0 Å². The van der Waals surface area contributed by atoms with Gasteiger partial charge in [0.25, 0.3) is 0 Å². The summed E-state index contributed by atoms with van der Waals surface area (Å²) in [6.07, 6.45) is 0.774. The summed E-state index contributed by atoms with van der Waals surface area (Å²) in [5, 5.41) is 8.62. The maximum absolute atomic E-state index is 10.8. The lowest BCUT2D eigenvalue weighted by molar-refractivity contribution is -0.138. The number of nitrogens with zero attached hydrogens (tertiary/aromatic N) is 1. The first-order chi connectivity index (χ1) is 7.52. The molecule has 0 aliphatic heterocycles. The van der Waals surface area contributed by atoms with Crippen LogP contribution in [0.15, 0.2) is 22.7 Å². The van der Waals surface area contributed by atoms with Crippen LogP contribution in [-0.2, 0) is 11.3 Å². The molecule has 0 atom stereocenters. The van der Waals surface area contributed by atoms with Crippen molar-refractivity contribution in [1.82, 2.24) is 4.90 Å². The van der Waals surface area contributed by atoms with Gasteiger partial charge in [-0.25, -0.2) is 0 Å². The summed E-state index contributed by atoms with van der Waals surface area (Å²) in [6, 6.07) is 5.31. The van der Waals surface area contributed by atoms with Crippen LogP contribution in [0.2, 0.25) is 0 Å². The van der Waals surface area contributed by atoms with Gasteiger partial charge in [-0.3, -0.25) is 14.5 Å². The molecule has 86 valence electrons. The third-order valence-corrected chi connectivity index (χ3v) is 2.57. The number of aliphatic carboxylic acids is 1. The van der Waals surface area contributed by atoms with Crippen molar-refractivity contribution in [3.05, 3.63) is 33.8 Å². The third-order valence-electron chi connectivity index (χ3n) is 2.08. The highest BCUT2D eigenvalue weighted by Gasteiger charge is 2.08. The smallest absolute Gasteiger partial charge is 0.317 e. The summed E-state index contributed by atoms with van der Waals surface area (Å²) >= 11 is 3.32. The van der Waals surface area contributed by atoms with Gasteiger partial charge in [0.15, 0.2) is 0 Å². The molecule has 0 saturated heterocycles. The molecular weight excluding hydrogens is 274 g/mol. The van der Waals surface area contributed by atoms with Gasteiger partial charge in [0.1, 0.15) is 6.29 Å². The van der Waals surface area contributed by atoms with Crippen molar-refractivity contribution in [3.63, 3.8) is 0 Å². The molecule has 0 aliphatic rings. The van der Waals surface area contributed by atoms with E-state index >= 15 is 0 Å². The zero-order valence-electron chi connectivity index (χ0n) is 8.81. The van der Waals surface area contributed by atoms with Crippen molar-refractivity contribution in [2.24, 2.45) is 0 Å². The van der Waals surface area contributed by atoms with E-state index in [1.54, 1.807) is 24.1 Å². The van der Waals surface area contributed by atoms with Gasteiger partial charge in [-0.05, 0) is 24.7 Å². The lowest BCUT2D eigenvalue weighted by Gasteiger charge is -2.15. The summed E-state index contributed by atoms with van der Waals surface area (Å²) in [5.41, 5.74) is 1.40. The van der Waals surface area contributed by atoms with Crippen molar-refractivity contribution < 1.29 is 14.7 Å². The number of hydrogen-bond acceptors (Lipinski definition) is 3. The highest BCUT2D eigenvalue weighted by Crippen LogP contribution is 2.16. The molecule has 0 spiro atoms. The van der Waals surface area contributed by atoms with E-state index in [-0.39, 0.29) is 6.54 Å². The van der Waals surface area contributed by atoms with E-state index in [4.69, 9.17) is 5.11 Å². The maximum atomic E-state index is 10.8. The number of aldehydes is 1. The van der Waals surface area contributed by atoms with Gasteiger partial charge in [0, 0.05) is 16.6 Å². The van der Waals surface area contributed by atoms with E-state index < -0.39 is 5.97 Å². The molecular formula is C11H12BrNO3. The molecule has 0 amide bonds. The lowest BCUT2D eigenvalue weighted by Crippen LogP contribution is -2.25. The molecule has 0 bridgehead atoms. The average Bonchev–Trinajstić information content (AvgIpc) is 2.16. The van der Waals surface area contributed by atoms with E-state index in [1.165, 1.54) is 0 Å². The maximum Gasteiger partial charge on any atom is 0.317 e. The minimum absolute atomic E-state index is 0.0508. The monoisotopic (exact) mass is 285 g/mol. The van der Waals surface area contributed by atoms with Gasteiger partial charge in [-0.15, -0.1) is 0 Å². The number of carbonyl (C=O) groups excluding carboxylic acids is 1. The molecule has 5 heteroatoms. The van der Waals surface area contributed by atoms with Crippen molar-refractivity contribution in [2.75, 3.05) is 13.6 Å². The zero-order chi connectivity index (χ0) is 12.1. The fraction of sp³-hybridized carbons (Fsp3) is 0.273. The van der Waals surface area contributed by atoms with Crippen molar-refractivity contribution >= 4 is 28.2 Å². The molecule has 1 rings (SSSR count). The van der Waals surface area contributed by atoms with Gasteiger partial charge in [-0.2, -0.15) is 0 Å². The number of hydrogen-bond donors (Lipinski definition) is 1. The first kappa shape index (κ1) is 12.9. The molecule has 0 unspecified atom stereocenters. The average molecular weight is 286 g/mol. The minimum atomic E-state index is -0.884. The molecule has 0 aromatic heterocycles. The Kier molecular flexibility index (Phi) is 4.64. The van der Waals surface area contributed by atoms with Crippen LogP contribution in [0.1, 0.15) is 15.9 Å². The van der Waals surface area contributed by atoms with Gasteiger partial charge in [0.05, 0.1) is 6.54 Å². The summed E-state index contributed by atoms with van der Waals surface area (Å²) in [4.78, 5) is 22.9. The van der Waals surface area contributed by atoms with Crippen LogP contribution in [0.3, 0.4) is 0 Å². The number of carboxylic acid groups (broad SMARTS) is 1. The first-order valence-electron chi connectivity index (χ1n) is 4.67. The molecule has 0 fully saturated rings. The molecule has 0 radical (unpaired) electrons. The molecule has 0 heterocycles. The highest BCUT2D eigenvalue weighted by atomic mass is 79.9. The predicted octanol–water partition coefficient (Wildman–Crippen LogP) is 1.78. The normalized spacial score (nSPS) is 10.4. The van der Waals surface area contributed by atoms with Crippen LogP contribution in [0.5, 0.6) is 0 Å². The summed E-state index contributed by atoms with van der Waals surface area (Å²) in [7, 11) is 1.70. The molecule has 0 aliphatic carbocycles. The topological polar surface area (TPSA) is 57.6 Å². The van der Waals surface area contributed by atoms with Crippen molar-refractivity contribution in [2.45, 2.75) is 6.54 Å². The second kappa shape index (κ2) is 5.77. The van der Waals surface area contributed by atoms with Crippen LogP contribution in [0.4, 0.5) is 0 Å². The Morgan fingerprint density at radius 1 is 1.56 bits per heavy atom. The fourth-order valence-electron chi connectivity index (χ4n) is 1.40. The number of carboxylic acids is 1. The predicted molar refractivity (Wildman–Crippen MR) is 63.5 cm³/mol. The number of carbonyl (C=O) groups is 2. The third kappa shape index (κ3) is 3.75. The summed E-state index contributed by atoms with van der Waals surface area (Å²) in [6.45, 7) is 0.380. The fourth-order valence-corrected chi connectivity index (χ4v) is 1.81. The Balaban J connectivity index is 2.82. The first-order valence-corrected chi connectivity index (χ1v) is 5.46. The number of halogens is 1. The van der Waals surface area contributed by atoms with Crippen LogP contribution in [0.25, 0.3) is 0 Å². The zero-order valence-corrected chi connectivity index (χ0v) is 10.4. The van der Waals surface area contributed by atoms with Crippen LogP contribution in [-0.4, -0.2) is 35.9 Å². The quantitative estimate of drug-likeness (QED) is 0.838. The second-order valence-electron chi connectivity index (χ2n) is 3.53. The molecule has 1 aromatic rings. The van der Waals surface area contributed by atoms with Crippen LogP contribution >= 0.6 is 15.9 Å². The van der Waals surface area contributed by atoms with Gasteiger partial charge < -0.3 is 5.11 Å².